The van der Waals surface area contributed by atoms with Gasteiger partial charge >= 0.3 is 0 Å². The third-order valence-corrected chi connectivity index (χ3v) is 5.36. The molecule has 0 amide bonds. The lowest BCUT2D eigenvalue weighted by atomic mass is 9.82. The summed E-state index contributed by atoms with van der Waals surface area (Å²) in [4.78, 5) is 22.0. The summed E-state index contributed by atoms with van der Waals surface area (Å²) >= 11 is 11.8. The molecule has 7 heteroatoms. The van der Waals surface area contributed by atoms with E-state index in [-0.39, 0.29) is 5.78 Å². The molecule has 152 valence electrons. The molecule has 0 saturated carbocycles. The molecule has 0 spiro atoms. The number of ketones is 1. The predicted octanol–water partition coefficient (Wildman–Crippen LogP) is 5.89. The van der Waals surface area contributed by atoms with Crippen LogP contribution in [0.4, 0.5) is 0 Å². The number of nitrogens with zero attached hydrogens (tertiary/aromatic N) is 2. The number of Topliss-reactive ketones (excluding diaryl/α,β-unsaturated/α-hetero) is 1. The van der Waals surface area contributed by atoms with Crippen LogP contribution in [0, 0.1) is 0 Å². The first-order valence-electron chi connectivity index (χ1n) is 9.41. The van der Waals surface area contributed by atoms with Gasteiger partial charge in [0.2, 0.25) is 0 Å². The summed E-state index contributed by atoms with van der Waals surface area (Å²) < 4.78 is 11.2. The van der Waals surface area contributed by atoms with Crippen LogP contribution in [-0.4, -0.2) is 15.8 Å². The molecule has 0 aliphatic heterocycles. The smallest absolute Gasteiger partial charge is 0.154 e. The Labute approximate surface area is 183 Å². The maximum absolute atomic E-state index is 13.8. The molecule has 0 radical (unpaired) electrons. The van der Waals surface area contributed by atoms with Gasteiger partial charge in [0.25, 0.3) is 0 Å². The molecule has 4 heterocycles. The summed E-state index contributed by atoms with van der Waals surface area (Å²) in [6, 6.07) is 14.3. The number of hydrogen-bond acceptors (Lipinski definition) is 5. The van der Waals surface area contributed by atoms with Crippen molar-refractivity contribution in [1.29, 1.82) is 0 Å². The third-order valence-electron chi connectivity index (χ3n) is 4.92. The zero-order valence-corrected chi connectivity index (χ0v) is 17.4. The van der Waals surface area contributed by atoms with Crippen LogP contribution < -0.4 is 0 Å². The second-order valence-electron chi connectivity index (χ2n) is 6.92. The summed E-state index contributed by atoms with van der Waals surface area (Å²) in [5, 5.41) is 0.812. The van der Waals surface area contributed by atoms with Crippen LogP contribution in [0.3, 0.4) is 0 Å². The monoisotopic (exact) mass is 440 g/mol. The molecular formula is C23H18Cl2N2O3. The summed E-state index contributed by atoms with van der Waals surface area (Å²) in [7, 11) is 0. The van der Waals surface area contributed by atoms with E-state index in [1.807, 2.05) is 24.3 Å². The van der Waals surface area contributed by atoms with Gasteiger partial charge in [-0.25, -0.2) is 9.97 Å². The molecule has 0 aliphatic carbocycles. The van der Waals surface area contributed by atoms with E-state index in [0.717, 1.165) is 11.1 Å². The SMILES string of the molecule is O=C(C(Cc1ccc(Cl)nc1)c1ccco1)C(Cc1ccc(Cl)nc1)c1ccco1. The fraction of sp³-hybridized carbons (Fsp3) is 0.174. The van der Waals surface area contributed by atoms with E-state index in [0.29, 0.717) is 34.7 Å². The molecule has 4 aromatic heterocycles. The van der Waals surface area contributed by atoms with E-state index in [4.69, 9.17) is 32.0 Å². The number of carbonyl (C=O) groups excluding carboxylic acids is 1. The van der Waals surface area contributed by atoms with Gasteiger partial charge < -0.3 is 8.83 Å². The summed E-state index contributed by atoms with van der Waals surface area (Å²) in [6.07, 6.45) is 7.37. The second kappa shape index (κ2) is 9.28. The highest BCUT2D eigenvalue weighted by Crippen LogP contribution is 2.32. The van der Waals surface area contributed by atoms with Crippen molar-refractivity contribution in [2.24, 2.45) is 0 Å². The minimum Gasteiger partial charge on any atom is -0.469 e. The number of rotatable bonds is 8. The Bertz CT molecular complexity index is 989. The predicted molar refractivity (Wildman–Crippen MR) is 114 cm³/mol. The summed E-state index contributed by atoms with van der Waals surface area (Å²) in [6.45, 7) is 0. The quantitative estimate of drug-likeness (QED) is 0.319. The highest BCUT2D eigenvalue weighted by atomic mass is 35.5. The molecule has 4 aromatic rings. The maximum Gasteiger partial charge on any atom is 0.154 e. The lowest BCUT2D eigenvalue weighted by Crippen LogP contribution is -2.24. The van der Waals surface area contributed by atoms with Crippen LogP contribution in [0.15, 0.2) is 82.3 Å². The molecule has 30 heavy (non-hydrogen) atoms. The van der Waals surface area contributed by atoms with Crippen molar-refractivity contribution in [2.75, 3.05) is 0 Å². The van der Waals surface area contributed by atoms with Crippen molar-refractivity contribution in [3.8, 4) is 0 Å². The first-order valence-corrected chi connectivity index (χ1v) is 10.2. The number of halogens is 2. The van der Waals surface area contributed by atoms with Crippen molar-refractivity contribution in [3.05, 3.63) is 106 Å². The zero-order valence-electron chi connectivity index (χ0n) is 15.9. The van der Waals surface area contributed by atoms with E-state index in [9.17, 15) is 4.79 Å². The van der Waals surface area contributed by atoms with Crippen molar-refractivity contribution < 1.29 is 13.6 Å². The van der Waals surface area contributed by atoms with Crippen molar-refractivity contribution in [3.63, 3.8) is 0 Å². The Balaban J connectivity index is 1.66. The molecule has 0 saturated heterocycles. The van der Waals surface area contributed by atoms with E-state index < -0.39 is 11.8 Å². The minimum absolute atomic E-state index is 0.00944. The number of furan rings is 2. The number of carbonyl (C=O) groups is 1. The van der Waals surface area contributed by atoms with Gasteiger partial charge in [0.05, 0.1) is 24.4 Å². The Morgan fingerprint density at radius 2 is 1.23 bits per heavy atom. The fourth-order valence-electron chi connectivity index (χ4n) is 3.43. The first-order chi connectivity index (χ1) is 14.6. The average Bonchev–Trinajstić information content (AvgIpc) is 3.47. The largest absolute Gasteiger partial charge is 0.469 e. The molecular weight excluding hydrogens is 423 g/mol. The van der Waals surface area contributed by atoms with E-state index in [1.54, 1.807) is 49.2 Å². The molecule has 0 aromatic carbocycles. The standard InChI is InChI=1S/C23H18Cl2N2O3/c24-21-7-5-15(13-26-21)11-17(19-3-1-9-29-19)23(28)18(20-4-2-10-30-20)12-16-6-8-22(25)27-14-16/h1-10,13-14,17-18H,11-12H2. The van der Waals surface area contributed by atoms with Crippen LogP contribution in [0.1, 0.15) is 34.5 Å². The Morgan fingerprint density at radius 3 is 1.57 bits per heavy atom. The van der Waals surface area contributed by atoms with Gasteiger partial charge in [-0.2, -0.15) is 0 Å². The lowest BCUT2D eigenvalue weighted by molar-refractivity contribution is -0.122. The molecule has 2 atom stereocenters. The summed E-state index contributed by atoms with van der Waals surface area (Å²) in [5.41, 5.74) is 1.78. The number of aromatic nitrogens is 2. The molecule has 2 unspecified atom stereocenters. The average molecular weight is 441 g/mol. The molecule has 4 rings (SSSR count). The Kier molecular flexibility index (Phi) is 6.31. The first kappa shape index (κ1) is 20.4. The van der Waals surface area contributed by atoms with Crippen LogP contribution in [0.2, 0.25) is 10.3 Å². The van der Waals surface area contributed by atoms with Crippen LogP contribution in [0.25, 0.3) is 0 Å². The highest BCUT2D eigenvalue weighted by Gasteiger charge is 2.33. The van der Waals surface area contributed by atoms with Gasteiger partial charge in [0, 0.05) is 12.4 Å². The van der Waals surface area contributed by atoms with Crippen molar-refractivity contribution in [1.82, 2.24) is 9.97 Å². The van der Waals surface area contributed by atoms with Crippen molar-refractivity contribution in [2.45, 2.75) is 24.7 Å². The van der Waals surface area contributed by atoms with E-state index >= 15 is 0 Å². The molecule has 0 N–H and O–H groups in total. The number of pyridine rings is 2. The third kappa shape index (κ3) is 4.81. The Morgan fingerprint density at radius 1 is 0.767 bits per heavy atom. The molecule has 0 fully saturated rings. The van der Waals surface area contributed by atoms with Gasteiger partial charge in [0.1, 0.15) is 21.8 Å². The normalized spacial score (nSPS) is 13.1. The van der Waals surface area contributed by atoms with Crippen LogP contribution in [0.5, 0.6) is 0 Å². The second-order valence-corrected chi connectivity index (χ2v) is 7.70. The van der Waals surface area contributed by atoms with Gasteiger partial charge in [-0.05, 0) is 60.4 Å². The number of hydrogen-bond donors (Lipinski definition) is 0. The molecule has 0 bridgehead atoms. The van der Waals surface area contributed by atoms with Crippen molar-refractivity contribution >= 4 is 29.0 Å². The highest BCUT2D eigenvalue weighted by molar-refractivity contribution is 6.29. The topological polar surface area (TPSA) is 69.1 Å². The van der Waals surface area contributed by atoms with E-state index in [2.05, 4.69) is 9.97 Å². The van der Waals surface area contributed by atoms with Gasteiger partial charge in [-0.3, -0.25) is 4.79 Å². The van der Waals surface area contributed by atoms with Crippen LogP contribution >= 0.6 is 23.2 Å². The Hall–Kier alpha value is -2.89. The molecule has 5 nitrogen and oxygen atoms in total. The maximum atomic E-state index is 13.8. The van der Waals surface area contributed by atoms with Crippen LogP contribution in [-0.2, 0) is 17.6 Å². The van der Waals surface area contributed by atoms with Gasteiger partial charge in [0.15, 0.2) is 5.78 Å². The summed E-state index contributed by atoms with van der Waals surface area (Å²) in [5.74, 6) is 0.183. The van der Waals surface area contributed by atoms with Gasteiger partial charge in [-0.15, -0.1) is 0 Å². The molecule has 0 aliphatic rings. The lowest BCUT2D eigenvalue weighted by Gasteiger charge is -2.20. The zero-order chi connectivity index (χ0) is 20.9. The van der Waals surface area contributed by atoms with Gasteiger partial charge in [-0.1, -0.05) is 35.3 Å². The fourth-order valence-corrected chi connectivity index (χ4v) is 3.65. The minimum atomic E-state index is -0.502. The van der Waals surface area contributed by atoms with E-state index in [1.165, 1.54) is 0 Å².